The first-order valence-electron chi connectivity index (χ1n) is 6.69. The number of carbonyl (C=O) groups is 2. The lowest BCUT2D eigenvalue weighted by molar-refractivity contribution is -0.141. The molecule has 0 saturated heterocycles. The highest BCUT2D eigenvalue weighted by Crippen LogP contribution is 2.33. The molecule has 0 unspecified atom stereocenters. The molecule has 5 nitrogen and oxygen atoms in total. The number of amides is 1. The van der Waals surface area contributed by atoms with Crippen molar-refractivity contribution in [2.45, 2.75) is 26.2 Å². The van der Waals surface area contributed by atoms with Gasteiger partial charge in [-0.2, -0.15) is 0 Å². The van der Waals surface area contributed by atoms with Gasteiger partial charge in [-0.1, -0.05) is 6.07 Å². The molecule has 2 atom stereocenters. The first kappa shape index (κ1) is 14.4. The number of hydrogen-bond donors (Lipinski definition) is 2. The Hall–Kier alpha value is -2.04. The van der Waals surface area contributed by atoms with Crippen LogP contribution < -0.4 is 10.1 Å². The van der Waals surface area contributed by atoms with Crippen molar-refractivity contribution in [2.24, 2.45) is 11.8 Å². The van der Waals surface area contributed by atoms with E-state index >= 15 is 0 Å². The van der Waals surface area contributed by atoms with Gasteiger partial charge in [0.2, 0.25) is 5.91 Å². The van der Waals surface area contributed by atoms with Crippen molar-refractivity contribution in [3.05, 3.63) is 23.8 Å². The highest BCUT2D eigenvalue weighted by molar-refractivity contribution is 5.94. The van der Waals surface area contributed by atoms with E-state index in [2.05, 4.69) is 5.32 Å². The van der Waals surface area contributed by atoms with Crippen LogP contribution in [0.4, 0.5) is 5.69 Å². The van der Waals surface area contributed by atoms with E-state index in [1.807, 2.05) is 19.1 Å². The summed E-state index contributed by atoms with van der Waals surface area (Å²) in [5.74, 6) is -0.964. The lowest BCUT2D eigenvalue weighted by Crippen LogP contribution is -2.22. The molecule has 0 aliphatic heterocycles. The van der Waals surface area contributed by atoms with E-state index in [1.165, 1.54) is 0 Å². The highest BCUT2D eigenvalue weighted by atomic mass is 16.5. The van der Waals surface area contributed by atoms with E-state index in [1.54, 1.807) is 13.2 Å². The second-order valence-corrected chi connectivity index (χ2v) is 5.24. The van der Waals surface area contributed by atoms with Gasteiger partial charge in [0.25, 0.3) is 0 Å². The molecule has 1 aromatic rings. The summed E-state index contributed by atoms with van der Waals surface area (Å²) in [6.07, 6.45) is 1.60. The maximum atomic E-state index is 12.2. The van der Waals surface area contributed by atoms with Gasteiger partial charge in [0.1, 0.15) is 5.75 Å². The van der Waals surface area contributed by atoms with Crippen LogP contribution in [0.15, 0.2) is 18.2 Å². The summed E-state index contributed by atoms with van der Waals surface area (Å²) in [5.41, 5.74) is 1.66. The largest absolute Gasteiger partial charge is 0.495 e. The highest BCUT2D eigenvalue weighted by Gasteiger charge is 2.34. The van der Waals surface area contributed by atoms with Crippen molar-refractivity contribution in [3.63, 3.8) is 0 Å². The Kier molecular flexibility index (Phi) is 4.27. The molecule has 0 radical (unpaired) electrons. The van der Waals surface area contributed by atoms with Crippen LogP contribution in [0.5, 0.6) is 5.75 Å². The number of carboxylic acids is 1. The Labute approximate surface area is 117 Å². The Morgan fingerprint density at radius 2 is 2.00 bits per heavy atom. The fourth-order valence-electron chi connectivity index (χ4n) is 2.60. The number of hydrogen-bond acceptors (Lipinski definition) is 3. The lowest BCUT2D eigenvalue weighted by Gasteiger charge is -2.14. The molecular formula is C15H19NO4. The molecule has 20 heavy (non-hydrogen) atoms. The summed E-state index contributed by atoms with van der Waals surface area (Å²) in [7, 11) is 1.55. The molecule has 0 aromatic heterocycles. The van der Waals surface area contributed by atoms with E-state index < -0.39 is 11.9 Å². The lowest BCUT2D eigenvalue weighted by atomic mass is 10.0. The summed E-state index contributed by atoms with van der Waals surface area (Å²) in [5, 5.41) is 11.8. The monoisotopic (exact) mass is 277 g/mol. The molecule has 1 aromatic carbocycles. The first-order chi connectivity index (χ1) is 9.51. The van der Waals surface area contributed by atoms with Gasteiger partial charge >= 0.3 is 5.97 Å². The number of aryl methyl sites for hydroxylation is 1. The summed E-state index contributed by atoms with van der Waals surface area (Å²) in [4.78, 5) is 23.1. The molecule has 2 N–H and O–H groups in total. The van der Waals surface area contributed by atoms with Crippen molar-refractivity contribution in [1.29, 1.82) is 0 Å². The van der Waals surface area contributed by atoms with Gasteiger partial charge in [0, 0.05) is 5.92 Å². The van der Waals surface area contributed by atoms with Crippen LogP contribution >= 0.6 is 0 Å². The fraction of sp³-hybridized carbons (Fsp3) is 0.467. The molecule has 1 saturated carbocycles. The molecule has 5 heteroatoms. The number of rotatable bonds is 4. The van der Waals surface area contributed by atoms with Crippen molar-refractivity contribution >= 4 is 17.6 Å². The van der Waals surface area contributed by atoms with Gasteiger partial charge < -0.3 is 15.2 Å². The third-order valence-corrected chi connectivity index (χ3v) is 3.77. The second-order valence-electron chi connectivity index (χ2n) is 5.24. The molecule has 1 fully saturated rings. The van der Waals surface area contributed by atoms with Gasteiger partial charge in [0.15, 0.2) is 0 Å². The van der Waals surface area contributed by atoms with E-state index in [-0.39, 0.29) is 11.8 Å². The number of anilines is 1. The van der Waals surface area contributed by atoms with Crippen LogP contribution in [0.3, 0.4) is 0 Å². The van der Waals surface area contributed by atoms with E-state index in [4.69, 9.17) is 9.84 Å². The van der Waals surface area contributed by atoms with E-state index in [0.717, 1.165) is 5.56 Å². The van der Waals surface area contributed by atoms with E-state index in [9.17, 15) is 9.59 Å². The minimum absolute atomic E-state index is 0.127. The smallest absolute Gasteiger partial charge is 0.306 e. The Balaban J connectivity index is 2.05. The zero-order valence-corrected chi connectivity index (χ0v) is 11.7. The van der Waals surface area contributed by atoms with Gasteiger partial charge in [0.05, 0.1) is 18.7 Å². The third-order valence-electron chi connectivity index (χ3n) is 3.77. The molecule has 0 spiro atoms. The number of nitrogens with one attached hydrogen (secondary N) is 1. The predicted molar refractivity (Wildman–Crippen MR) is 74.8 cm³/mol. The van der Waals surface area contributed by atoms with Crippen molar-refractivity contribution in [2.75, 3.05) is 12.4 Å². The van der Waals surface area contributed by atoms with Crippen LogP contribution in [-0.2, 0) is 9.59 Å². The van der Waals surface area contributed by atoms with Crippen LogP contribution in [0, 0.1) is 18.8 Å². The number of carboxylic acid groups (broad SMARTS) is 1. The first-order valence-corrected chi connectivity index (χ1v) is 6.69. The van der Waals surface area contributed by atoms with Crippen LogP contribution in [-0.4, -0.2) is 24.1 Å². The Bertz CT molecular complexity index is 527. The van der Waals surface area contributed by atoms with Crippen molar-refractivity contribution in [1.82, 2.24) is 0 Å². The average Bonchev–Trinajstić information content (AvgIpc) is 2.89. The van der Waals surface area contributed by atoms with Crippen molar-refractivity contribution < 1.29 is 19.4 Å². The standard InChI is InChI=1S/C15H19NO4/c1-9-3-6-13(20-2)12(7-9)16-14(17)10-4-5-11(8-10)15(18)19/h3,6-7,10-11H,4-5,8H2,1-2H3,(H,16,17)(H,18,19)/t10-,11+/m1/s1. The molecule has 0 bridgehead atoms. The maximum Gasteiger partial charge on any atom is 0.306 e. The fourth-order valence-corrected chi connectivity index (χ4v) is 2.60. The molecule has 108 valence electrons. The van der Waals surface area contributed by atoms with Crippen LogP contribution in [0.2, 0.25) is 0 Å². The quantitative estimate of drug-likeness (QED) is 0.886. The minimum atomic E-state index is -0.812. The number of carbonyl (C=O) groups excluding carboxylic acids is 1. The Morgan fingerprint density at radius 1 is 1.30 bits per heavy atom. The van der Waals surface area contributed by atoms with Gasteiger partial charge in [-0.3, -0.25) is 9.59 Å². The molecule has 1 aliphatic carbocycles. The second kappa shape index (κ2) is 5.94. The summed E-state index contributed by atoms with van der Waals surface area (Å²) < 4.78 is 5.21. The van der Waals surface area contributed by atoms with E-state index in [0.29, 0.717) is 30.7 Å². The summed E-state index contributed by atoms with van der Waals surface area (Å²) in [6.45, 7) is 1.94. The zero-order valence-electron chi connectivity index (χ0n) is 11.7. The molecule has 1 aliphatic rings. The molecule has 0 heterocycles. The van der Waals surface area contributed by atoms with Gasteiger partial charge in [-0.15, -0.1) is 0 Å². The number of methoxy groups -OCH3 is 1. The number of ether oxygens (including phenoxy) is 1. The minimum Gasteiger partial charge on any atom is -0.495 e. The zero-order chi connectivity index (χ0) is 14.7. The average molecular weight is 277 g/mol. The topological polar surface area (TPSA) is 75.6 Å². The normalized spacial score (nSPS) is 21.5. The van der Waals surface area contributed by atoms with Gasteiger partial charge in [-0.05, 0) is 43.9 Å². The van der Waals surface area contributed by atoms with Crippen molar-refractivity contribution in [3.8, 4) is 5.75 Å². The molecule has 1 amide bonds. The third kappa shape index (κ3) is 3.10. The molecular weight excluding hydrogens is 258 g/mol. The van der Waals surface area contributed by atoms with Crippen LogP contribution in [0.25, 0.3) is 0 Å². The van der Waals surface area contributed by atoms with Gasteiger partial charge in [-0.25, -0.2) is 0 Å². The maximum absolute atomic E-state index is 12.2. The summed E-state index contributed by atoms with van der Waals surface area (Å²) >= 11 is 0. The number of aliphatic carboxylic acids is 1. The number of benzene rings is 1. The Morgan fingerprint density at radius 3 is 2.60 bits per heavy atom. The van der Waals surface area contributed by atoms with Crippen LogP contribution in [0.1, 0.15) is 24.8 Å². The summed E-state index contributed by atoms with van der Waals surface area (Å²) in [6, 6.07) is 5.56. The predicted octanol–water partition coefficient (Wildman–Crippen LogP) is 2.44. The molecule has 2 rings (SSSR count). The SMILES string of the molecule is COc1ccc(C)cc1NC(=O)[C@@H]1CC[C@H](C(=O)O)C1.